The first-order valence-corrected chi connectivity index (χ1v) is 5.43. The van der Waals surface area contributed by atoms with Gasteiger partial charge < -0.3 is 15.4 Å². The topological polar surface area (TPSA) is 55.6 Å². The van der Waals surface area contributed by atoms with Crippen molar-refractivity contribution in [1.29, 1.82) is 0 Å². The smallest absolute Gasteiger partial charge is 0.410 e. The van der Waals surface area contributed by atoms with Gasteiger partial charge in [-0.05, 0) is 19.3 Å². The molecule has 4 heteroatoms. The SMILES string of the molecule is CCCCOC(=O)N1CCCC1CN. The predicted octanol–water partition coefficient (Wildman–Crippen LogP) is 1.35. The fourth-order valence-corrected chi connectivity index (χ4v) is 1.71. The van der Waals surface area contributed by atoms with E-state index in [0.29, 0.717) is 13.2 Å². The lowest BCUT2D eigenvalue weighted by Gasteiger charge is -2.22. The van der Waals surface area contributed by atoms with Crippen LogP contribution >= 0.6 is 0 Å². The van der Waals surface area contributed by atoms with Crippen LogP contribution in [0, 0.1) is 0 Å². The minimum Gasteiger partial charge on any atom is -0.449 e. The fraction of sp³-hybridized carbons (Fsp3) is 0.900. The van der Waals surface area contributed by atoms with Crippen molar-refractivity contribution in [2.45, 2.75) is 38.6 Å². The Balaban J connectivity index is 2.28. The van der Waals surface area contributed by atoms with Crippen LogP contribution in [0.5, 0.6) is 0 Å². The molecule has 1 aliphatic rings. The summed E-state index contributed by atoms with van der Waals surface area (Å²) in [7, 11) is 0. The van der Waals surface area contributed by atoms with E-state index in [4.69, 9.17) is 10.5 Å². The number of amides is 1. The molecule has 0 aromatic carbocycles. The van der Waals surface area contributed by atoms with Gasteiger partial charge in [0.25, 0.3) is 0 Å². The van der Waals surface area contributed by atoms with Crippen molar-refractivity contribution in [2.24, 2.45) is 5.73 Å². The molecule has 0 aromatic heterocycles. The number of nitrogens with zero attached hydrogens (tertiary/aromatic N) is 1. The first-order valence-electron chi connectivity index (χ1n) is 5.43. The minimum absolute atomic E-state index is 0.189. The van der Waals surface area contributed by atoms with E-state index >= 15 is 0 Å². The number of carbonyl (C=O) groups excluding carboxylic acids is 1. The lowest BCUT2D eigenvalue weighted by Crippen LogP contribution is -2.40. The zero-order valence-corrected chi connectivity index (χ0v) is 8.87. The van der Waals surface area contributed by atoms with E-state index in [9.17, 15) is 4.79 Å². The average molecular weight is 200 g/mol. The van der Waals surface area contributed by atoms with Crippen LogP contribution in [0.1, 0.15) is 32.6 Å². The maximum Gasteiger partial charge on any atom is 0.410 e. The summed E-state index contributed by atoms with van der Waals surface area (Å²) in [5, 5.41) is 0. The van der Waals surface area contributed by atoms with E-state index in [0.717, 1.165) is 32.2 Å². The number of ether oxygens (including phenoxy) is 1. The van der Waals surface area contributed by atoms with Crippen molar-refractivity contribution < 1.29 is 9.53 Å². The van der Waals surface area contributed by atoms with Crippen LogP contribution in [0.4, 0.5) is 4.79 Å². The van der Waals surface area contributed by atoms with Crippen LogP contribution in [0.3, 0.4) is 0 Å². The molecule has 1 amide bonds. The molecule has 1 aliphatic heterocycles. The van der Waals surface area contributed by atoms with Gasteiger partial charge in [0.15, 0.2) is 0 Å². The summed E-state index contributed by atoms with van der Waals surface area (Å²) < 4.78 is 5.13. The van der Waals surface area contributed by atoms with Crippen LogP contribution in [-0.4, -0.2) is 36.7 Å². The summed E-state index contributed by atoms with van der Waals surface area (Å²) in [4.78, 5) is 13.3. The quantitative estimate of drug-likeness (QED) is 0.697. The molecule has 0 bridgehead atoms. The highest BCUT2D eigenvalue weighted by Crippen LogP contribution is 2.17. The molecule has 1 atom stereocenters. The number of rotatable bonds is 4. The van der Waals surface area contributed by atoms with Crippen molar-refractivity contribution in [3.05, 3.63) is 0 Å². The first-order chi connectivity index (χ1) is 6.79. The molecule has 1 unspecified atom stereocenters. The van der Waals surface area contributed by atoms with Crippen LogP contribution < -0.4 is 5.73 Å². The molecule has 1 rings (SSSR count). The van der Waals surface area contributed by atoms with Gasteiger partial charge in [-0.15, -0.1) is 0 Å². The monoisotopic (exact) mass is 200 g/mol. The Labute approximate surface area is 85.4 Å². The summed E-state index contributed by atoms with van der Waals surface area (Å²) >= 11 is 0. The Morgan fingerprint density at radius 2 is 2.43 bits per heavy atom. The molecule has 1 saturated heterocycles. The molecular formula is C10H20N2O2. The third-order valence-corrected chi connectivity index (χ3v) is 2.61. The van der Waals surface area contributed by atoms with Gasteiger partial charge in [0.1, 0.15) is 0 Å². The van der Waals surface area contributed by atoms with E-state index in [1.54, 1.807) is 4.90 Å². The number of carbonyl (C=O) groups is 1. The van der Waals surface area contributed by atoms with Gasteiger partial charge in [0.2, 0.25) is 0 Å². The van der Waals surface area contributed by atoms with Gasteiger partial charge >= 0.3 is 6.09 Å². The maximum absolute atomic E-state index is 11.5. The van der Waals surface area contributed by atoms with Gasteiger partial charge in [-0.2, -0.15) is 0 Å². The summed E-state index contributed by atoms with van der Waals surface area (Å²) in [6.45, 7) is 3.95. The Hall–Kier alpha value is -0.770. The van der Waals surface area contributed by atoms with Crippen LogP contribution in [0.15, 0.2) is 0 Å². The number of hydrogen-bond donors (Lipinski definition) is 1. The van der Waals surface area contributed by atoms with E-state index in [1.165, 1.54) is 0 Å². The number of nitrogens with two attached hydrogens (primary N) is 1. The Kier molecular flexibility index (Phi) is 4.73. The lowest BCUT2D eigenvalue weighted by molar-refractivity contribution is 0.0979. The van der Waals surface area contributed by atoms with Gasteiger partial charge in [-0.25, -0.2) is 4.79 Å². The summed E-state index contributed by atoms with van der Waals surface area (Å²) in [5.41, 5.74) is 5.57. The molecule has 14 heavy (non-hydrogen) atoms. The normalized spacial score (nSPS) is 21.3. The van der Waals surface area contributed by atoms with Crippen molar-refractivity contribution >= 4 is 6.09 Å². The third-order valence-electron chi connectivity index (χ3n) is 2.61. The molecule has 1 heterocycles. The molecule has 0 aromatic rings. The van der Waals surface area contributed by atoms with Crippen molar-refractivity contribution in [2.75, 3.05) is 19.7 Å². The van der Waals surface area contributed by atoms with E-state index < -0.39 is 0 Å². The molecule has 4 nitrogen and oxygen atoms in total. The van der Waals surface area contributed by atoms with E-state index in [1.807, 2.05) is 0 Å². The molecule has 2 N–H and O–H groups in total. The summed E-state index contributed by atoms with van der Waals surface area (Å²) in [6, 6.07) is 0.198. The zero-order valence-electron chi connectivity index (χ0n) is 8.87. The van der Waals surface area contributed by atoms with Gasteiger partial charge in [0, 0.05) is 19.1 Å². The molecule has 82 valence electrons. The highest BCUT2D eigenvalue weighted by molar-refractivity contribution is 5.68. The number of unbranched alkanes of at least 4 members (excludes halogenated alkanes) is 1. The van der Waals surface area contributed by atoms with Gasteiger partial charge in [0.05, 0.1) is 6.61 Å². The lowest BCUT2D eigenvalue weighted by atomic mass is 10.2. The highest BCUT2D eigenvalue weighted by Gasteiger charge is 2.28. The molecule has 1 fully saturated rings. The molecule has 0 saturated carbocycles. The molecule has 0 aliphatic carbocycles. The Morgan fingerprint density at radius 3 is 3.07 bits per heavy atom. The standard InChI is InChI=1S/C10H20N2O2/c1-2-3-7-14-10(13)12-6-4-5-9(12)8-11/h9H,2-8,11H2,1H3. The van der Waals surface area contributed by atoms with Gasteiger partial charge in [-0.3, -0.25) is 0 Å². The fourth-order valence-electron chi connectivity index (χ4n) is 1.71. The molecule has 0 radical (unpaired) electrons. The van der Waals surface area contributed by atoms with Crippen molar-refractivity contribution in [3.8, 4) is 0 Å². The first kappa shape index (κ1) is 11.3. The maximum atomic E-state index is 11.5. The minimum atomic E-state index is -0.189. The predicted molar refractivity (Wildman–Crippen MR) is 55.0 cm³/mol. The Morgan fingerprint density at radius 1 is 1.64 bits per heavy atom. The number of hydrogen-bond acceptors (Lipinski definition) is 3. The van der Waals surface area contributed by atoms with Crippen LogP contribution in [0.2, 0.25) is 0 Å². The summed E-state index contributed by atoms with van der Waals surface area (Å²) in [6.07, 6.45) is 3.86. The third kappa shape index (κ3) is 2.87. The average Bonchev–Trinajstić information content (AvgIpc) is 2.65. The second kappa shape index (κ2) is 5.86. The Bertz CT molecular complexity index is 185. The highest BCUT2D eigenvalue weighted by atomic mass is 16.6. The molecule has 0 spiro atoms. The van der Waals surface area contributed by atoms with Crippen molar-refractivity contribution in [1.82, 2.24) is 4.90 Å². The zero-order chi connectivity index (χ0) is 10.4. The largest absolute Gasteiger partial charge is 0.449 e. The second-order valence-electron chi connectivity index (χ2n) is 3.69. The second-order valence-corrected chi connectivity index (χ2v) is 3.69. The number of likely N-dealkylation sites (tertiary alicyclic amines) is 1. The van der Waals surface area contributed by atoms with Crippen LogP contribution in [-0.2, 0) is 4.74 Å². The van der Waals surface area contributed by atoms with E-state index in [2.05, 4.69) is 6.92 Å². The summed E-state index contributed by atoms with van der Waals surface area (Å²) in [5.74, 6) is 0. The van der Waals surface area contributed by atoms with E-state index in [-0.39, 0.29) is 12.1 Å². The van der Waals surface area contributed by atoms with Gasteiger partial charge in [-0.1, -0.05) is 13.3 Å². The van der Waals surface area contributed by atoms with Crippen molar-refractivity contribution in [3.63, 3.8) is 0 Å². The molecular weight excluding hydrogens is 180 g/mol. The van der Waals surface area contributed by atoms with Crippen LogP contribution in [0.25, 0.3) is 0 Å².